The van der Waals surface area contributed by atoms with Crippen LogP contribution in [0.5, 0.6) is 0 Å². The molecular formula is C50H42N2. The van der Waals surface area contributed by atoms with Crippen LogP contribution in [0.2, 0.25) is 0 Å². The van der Waals surface area contributed by atoms with Crippen LogP contribution in [-0.4, -0.2) is 17.2 Å². The van der Waals surface area contributed by atoms with E-state index in [9.17, 15) is 0 Å². The second-order valence-corrected chi connectivity index (χ2v) is 14.7. The molecule has 252 valence electrons. The zero-order chi connectivity index (χ0) is 34.6. The van der Waals surface area contributed by atoms with Crippen molar-refractivity contribution in [1.82, 2.24) is 4.57 Å². The Labute approximate surface area is 306 Å². The van der Waals surface area contributed by atoms with Gasteiger partial charge in [-0.15, -0.1) is 0 Å². The van der Waals surface area contributed by atoms with Crippen molar-refractivity contribution in [3.05, 3.63) is 187 Å². The largest absolute Gasteiger partial charge is 0.363 e. The van der Waals surface area contributed by atoms with Crippen molar-refractivity contribution < 1.29 is 0 Å². The van der Waals surface area contributed by atoms with Gasteiger partial charge >= 0.3 is 0 Å². The fourth-order valence-electron chi connectivity index (χ4n) is 9.22. The molecule has 5 aromatic carbocycles. The minimum Gasteiger partial charge on any atom is -0.363 e. The lowest BCUT2D eigenvalue weighted by Gasteiger charge is -2.41. The summed E-state index contributed by atoms with van der Waals surface area (Å²) in [6.45, 7) is 5.54. The van der Waals surface area contributed by atoms with E-state index in [4.69, 9.17) is 0 Å². The summed E-state index contributed by atoms with van der Waals surface area (Å²) in [4.78, 5) is 2.63. The number of nitrogens with zero attached hydrogens (tertiary/aromatic N) is 2. The molecule has 2 nitrogen and oxygen atoms in total. The average Bonchev–Trinajstić information content (AvgIpc) is 3.53. The Kier molecular flexibility index (Phi) is 7.57. The first-order chi connectivity index (χ1) is 25.7. The number of aromatic nitrogens is 1. The molecule has 3 aliphatic carbocycles. The molecule has 3 unspecified atom stereocenters. The third-order valence-electron chi connectivity index (χ3n) is 11.8. The van der Waals surface area contributed by atoms with Gasteiger partial charge in [0.25, 0.3) is 0 Å². The molecule has 52 heavy (non-hydrogen) atoms. The molecule has 2 heteroatoms. The van der Waals surface area contributed by atoms with Gasteiger partial charge in [0.15, 0.2) is 0 Å². The van der Waals surface area contributed by atoms with Crippen molar-refractivity contribution in [3.8, 4) is 11.1 Å². The number of para-hydroxylation sites is 1. The van der Waals surface area contributed by atoms with Crippen LogP contribution < -0.4 is 4.90 Å². The lowest BCUT2D eigenvalue weighted by atomic mass is 9.77. The fraction of sp³-hybridized carbons (Fsp3) is 0.160. The second kappa shape index (κ2) is 12.7. The van der Waals surface area contributed by atoms with Gasteiger partial charge < -0.3 is 9.47 Å². The molecule has 0 radical (unpaired) electrons. The van der Waals surface area contributed by atoms with Crippen LogP contribution in [0, 0.1) is 5.92 Å². The first kappa shape index (κ1) is 30.9. The Morgan fingerprint density at radius 3 is 2.37 bits per heavy atom. The van der Waals surface area contributed by atoms with Gasteiger partial charge in [-0.25, -0.2) is 0 Å². The van der Waals surface area contributed by atoms with Gasteiger partial charge in [0.2, 0.25) is 0 Å². The van der Waals surface area contributed by atoms with Gasteiger partial charge in [0.05, 0.1) is 6.04 Å². The molecule has 0 N–H and O–H groups in total. The Hall–Kier alpha value is -5.86. The van der Waals surface area contributed by atoms with Crippen molar-refractivity contribution >= 4 is 49.4 Å². The molecule has 0 spiro atoms. The summed E-state index contributed by atoms with van der Waals surface area (Å²) in [6, 6.07) is 39.3. The molecule has 1 aromatic heterocycles. The lowest BCUT2D eigenvalue weighted by molar-refractivity contribution is 0.485. The van der Waals surface area contributed by atoms with Gasteiger partial charge in [-0.05, 0) is 106 Å². The van der Waals surface area contributed by atoms with E-state index >= 15 is 0 Å². The number of benzene rings is 5. The lowest BCUT2D eigenvalue weighted by Crippen LogP contribution is -2.42. The number of rotatable bonds is 4. The maximum absolute atomic E-state index is 4.60. The zero-order valence-corrected chi connectivity index (χ0v) is 29.5. The molecule has 6 aromatic rings. The van der Waals surface area contributed by atoms with Gasteiger partial charge in [-0.2, -0.15) is 0 Å². The van der Waals surface area contributed by atoms with Crippen LogP contribution in [0.4, 0.5) is 5.69 Å². The van der Waals surface area contributed by atoms with Gasteiger partial charge in [0.1, 0.15) is 0 Å². The molecule has 0 fully saturated rings. The minimum atomic E-state index is 0.196. The number of hydrogen-bond acceptors (Lipinski definition) is 1. The molecule has 2 heterocycles. The predicted octanol–water partition coefficient (Wildman–Crippen LogP) is 12.8. The first-order valence-corrected chi connectivity index (χ1v) is 18.9. The van der Waals surface area contributed by atoms with E-state index in [0.717, 1.165) is 31.4 Å². The van der Waals surface area contributed by atoms with E-state index in [-0.39, 0.29) is 12.0 Å². The van der Waals surface area contributed by atoms with Crippen molar-refractivity contribution in [3.63, 3.8) is 0 Å². The zero-order valence-electron chi connectivity index (χ0n) is 29.5. The number of anilines is 1. The van der Waals surface area contributed by atoms with Crippen molar-refractivity contribution in [2.24, 2.45) is 5.92 Å². The second-order valence-electron chi connectivity index (χ2n) is 14.7. The van der Waals surface area contributed by atoms with E-state index in [2.05, 4.69) is 180 Å². The third kappa shape index (κ3) is 5.16. The highest BCUT2D eigenvalue weighted by Crippen LogP contribution is 2.43. The molecular weight excluding hydrogens is 629 g/mol. The molecule has 0 bridgehead atoms. The Bertz CT molecular complexity index is 2600. The minimum absolute atomic E-state index is 0.196. The molecule has 3 atom stereocenters. The summed E-state index contributed by atoms with van der Waals surface area (Å²) in [5.41, 5.74) is 12.7. The Morgan fingerprint density at radius 2 is 1.44 bits per heavy atom. The average molecular weight is 671 g/mol. The standard InChI is InChI=1S/C50H42N2/c1-34-13-11-12-30-51(47-29-26-41(42-18-7-8-19-43(42)47)39-23-22-35-14-5-6-15-36(35)31-39)48-27-24-37(32-45(34)48)38-25-28-50-46(33-38)44-20-9-10-21-49(44)52(50)40-16-3-2-4-17-40/h2-3,5-11,13-15,18-29,31-33,40,43,47H,1,4,12,16-17,30H2/b13-11-. The summed E-state index contributed by atoms with van der Waals surface area (Å²) in [7, 11) is 0. The van der Waals surface area contributed by atoms with Crippen LogP contribution in [-0.2, 0) is 0 Å². The smallest absolute Gasteiger partial charge is 0.0580 e. The Balaban J connectivity index is 1.04. The van der Waals surface area contributed by atoms with Gasteiger partial charge in [-0.1, -0.05) is 134 Å². The summed E-state index contributed by atoms with van der Waals surface area (Å²) in [5.74, 6) is 0.250. The number of hydrogen-bond donors (Lipinski definition) is 0. The van der Waals surface area contributed by atoms with Crippen LogP contribution >= 0.6 is 0 Å². The molecule has 0 saturated carbocycles. The fourth-order valence-corrected chi connectivity index (χ4v) is 9.22. The number of allylic oxidation sites excluding steroid dienone is 9. The van der Waals surface area contributed by atoms with Crippen LogP contribution in [0.3, 0.4) is 0 Å². The van der Waals surface area contributed by atoms with Crippen LogP contribution in [0.15, 0.2) is 176 Å². The normalized spacial score (nSPS) is 21.8. The van der Waals surface area contributed by atoms with Crippen LogP contribution in [0.1, 0.15) is 42.9 Å². The predicted molar refractivity (Wildman–Crippen MR) is 223 cm³/mol. The molecule has 10 rings (SSSR count). The van der Waals surface area contributed by atoms with E-state index in [1.165, 1.54) is 78.1 Å². The number of fused-ring (bicyclic) bond motifs is 6. The monoisotopic (exact) mass is 670 g/mol. The first-order valence-electron chi connectivity index (χ1n) is 18.9. The topological polar surface area (TPSA) is 8.17 Å². The maximum atomic E-state index is 4.60. The van der Waals surface area contributed by atoms with E-state index in [1.54, 1.807) is 0 Å². The van der Waals surface area contributed by atoms with E-state index in [1.807, 2.05) is 0 Å². The third-order valence-corrected chi connectivity index (χ3v) is 11.8. The van der Waals surface area contributed by atoms with E-state index < -0.39 is 0 Å². The molecule has 1 aliphatic heterocycles. The highest BCUT2D eigenvalue weighted by molar-refractivity contribution is 6.09. The maximum Gasteiger partial charge on any atom is 0.0580 e. The summed E-state index contributed by atoms with van der Waals surface area (Å²) in [6.07, 6.45) is 27.6. The summed E-state index contributed by atoms with van der Waals surface area (Å²) < 4.78 is 2.60. The van der Waals surface area contributed by atoms with Gasteiger partial charge in [0, 0.05) is 51.6 Å². The molecule has 4 aliphatic rings. The SMILES string of the molecule is C=C1/C=C\CCN(C2C=CC(c3ccc4ccccc4c3)=C3C=CC=CC32)c2ccc(-c3ccc4c(c3)c3ccccc3n4C3CC=CCC3)cc21. The van der Waals surface area contributed by atoms with Crippen LogP contribution in [0.25, 0.3) is 54.9 Å². The van der Waals surface area contributed by atoms with Crippen molar-refractivity contribution in [1.29, 1.82) is 0 Å². The van der Waals surface area contributed by atoms with Crippen molar-refractivity contribution in [2.75, 3.05) is 11.4 Å². The highest BCUT2D eigenvalue weighted by atomic mass is 15.2. The highest BCUT2D eigenvalue weighted by Gasteiger charge is 2.33. The molecule has 0 saturated heterocycles. The van der Waals surface area contributed by atoms with Gasteiger partial charge in [-0.3, -0.25) is 0 Å². The quantitative estimate of drug-likeness (QED) is 0.170. The summed E-state index contributed by atoms with van der Waals surface area (Å²) >= 11 is 0. The van der Waals surface area contributed by atoms with Crippen molar-refractivity contribution in [2.45, 2.75) is 37.8 Å². The van der Waals surface area contributed by atoms with E-state index in [0.29, 0.717) is 6.04 Å². The summed E-state index contributed by atoms with van der Waals surface area (Å²) in [5, 5.41) is 5.23. The molecule has 0 amide bonds. The Morgan fingerprint density at radius 1 is 0.615 bits per heavy atom.